The number of phosphoric ester groups is 1. The van der Waals surface area contributed by atoms with Crippen LogP contribution in [-0.4, -0.2) is 60.5 Å². The van der Waals surface area contributed by atoms with E-state index in [-0.39, 0.29) is 32.6 Å². The molecule has 0 saturated heterocycles. The van der Waals surface area contributed by atoms with Gasteiger partial charge in [-0.05, 0) is 83.5 Å². The number of hydrogen-bond donors (Lipinski definition) is 3. The lowest BCUT2D eigenvalue weighted by atomic mass is 10.1. The van der Waals surface area contributed by atoms with Gasteiger partial charge in [0.2, 0.25) is 0 Å². The van der Waals surface area contributed by atoms with Crippen molar-refractivity contribution in [1.82, 2.24) is 0 Å². The number of ether oxygens (including phenoxy) is 2. The molecule has 58 heavy (non-hydrogen) atoms. The van der Waals surface area contributed by atoms with Crippen molar-refractivity contribution in [2.75, 3.05) is 26.4 Å². The zero-order valence-electron chi connectivity index (χ0n) is 35.6. The minimum Gasteiger partial charge on any atom is -0.462 e. The quantitative estimate of drug-likeness (QED) is 0.0180. The molecular weight excluding hydrogens is 753 g/mol. The molecular formula is C47H76NO9P. The summed E-state index contributed by atoms with van der Waals surface area (Å²) in [6.45, 7) is 3.33. The van der Waals surface area contributed by atoms with Crippen LogP contribution >= 0.6 is 7.82 Å². The third kappa shape index (κ3) is 40.8. The summed E-state index contributed by atoms with van der Waals surface area (Å²) in [5.41, 5.74) is 5.33. The van der Waals surface area contributed by atoms with Gasteiger partial charge in [-0.25, -0.2) is 4.57 Å². The molecule has 0 aromatic heterocycles. The summed E-state index contributed by atoms with van der Waals surface area (Å²) in [4.78, 5) is 34.9. The standard InChI is InChI=1S/C47H76NO9P/c1-3-5-7-9-11-13-15-17-18-19-20-22-24-26-28-30-34-39-47(51)57-45(43-56-58(52,53)55-41-40-48)42-54-46(50)38-35-31-33-37-44(49)36-32-29-27-25-23-21-16-14-12-10-8-6-4-2/h6,8,11-14,17-18,20-23,27,29,31-33,36,44-45,49H,3-5,7,9-10,15-16,19,24-26,28,30,34-35,37-43,48H2,1-2H3,(H,52,53)/b8-6-,13-11-,14-12-,18-17-,22-20-,23-21-,29-27-,33-31-,36-32-/t44?,45-/m1/s1. The van der Waals surface area contributed by atoms with Gasteiger partial charge in [0.1, 0.15) is 6.61 Å². The molecule has 10 nitrogen and oxygen atoms in total. The Kier molecular flexibility index (Phi) is 39.4. The molecule has 2 unspecified atom stereocenters. The molecule has 0 bridgehead atoms. The van der Waals surface area contributed by atoms with Crippen LogP contribution in [0.15, 0.2) is 109 Å². The smallest absolute Gasteiger partial charge is 0.462 e. The van der Waals surface area contributed by atoms with E-state index in [4.69, 9.17) is 24.3 Å². The predicted octanol–water partition coefficient (Wildman–Crippen LogP) is 11.4. The fourth-order valence-electron chi connectivity index (χ4n) is 5.04. The largest absolute Gasteiger partial charge is 0.472 e. The van der Waals surface area contributed by atoms with Crippen molar-refractivity contribution in [2.45, 2.75) is 148 Å². The summed E-state index contributed by atoms with van der Waals surface area (Å²) in [5.74, 6) is -1.05. The Morgan fingerprint density at radius 3 is 1.81 bits per heavy atom. The van der Waals surface area contributed by atoms with E-state index in [9.17, 15) is 24.2 Å². The number of rotatable bonds is 38. The van der Waals surface area contributed by atoms with Crippen LogP contribution in [0.25, 0.3) is 0 Å². The van der Waals surface area contributed by atoms with Crippen LogP contribution in [0.2, 0.25) is 0 Å². The third-order valence-electron chi connectivity index (χ3n) is 8.24. The Morgan fingerprint density at radius 1 is 0.621 bits per heavy atom. The van der Waals surface area contributed by atoms with Crippen molar-refractivity contribution >= 4 is 19.8 Å². The molecule has 0 aliphatic heterocycles. The highest BCUT2D eigenvalue weighted by Crippen LogP contribution is 2.43. The summed E-state index contributed by atoms with van der Waals surface area (Å²) in [6.07, 6.45) is 51.5. The molecule has 0 fully saturated rings. The molecule has 0 heterocycles. The number of nitrogens with two attached hydrogens (primary N) is 1. The average molecular weight is 830 g/mol. The normalized spacial score (nSPS) is 14.9. The van der Waals surface area contributed by atoms with Crippen LogP contribution in [0.5, 0.6) is 0 Å². The molecule has 0 saturated carbocycles. The molecule has 0 amide bonds. The van der Waals surface area contributed by atoms with Crippen molar-refractivity contribution in [3.63, 3.8) is 0 Å². The number of allylic oxidation sites excluding steroid dienone is 16. The van der Waals surface area contributed by atoms with Gasteiger partial charge in [0, 0.05) is 19.4 Å². The third-order valence-corrected chi connectivity index (χ3v) is 9.22. The SMILES string of the molecule is CC/C=C\C/C=C\C/C=C\C/C=C\C=C/C(O)C/C=C\CCC(=O)OC[C@H](COP(=O)(O)OCCN)OC(=O)CCCCCC/C=C\C/C=C\C/C=C\CCCCC. The maximum Gasteiger partial charge on any atom is 0.472 e. The molecule has 0 aliphatic carbocycles. The van der Waals surface area contributed by atoms with Gasteiger partial charge in [-0.3, -0.25) is 18.6 Å². The Hall–Kier alpha value is -3.37. The number of carbonyl (C=O) groups is 2. The van der Waals surface area contributed by atoms with E-state index >= 15 is 0 Å². The fourth-order valence-corrected chi connectivity index (χ4v) is 5.81. The summed E-state index contributed by atoms with van der Waals surface area (Å²) >= 11 is 0. The van der Waals surface area contributed by atoms with Crippen LogP contribution in [0, 0.1) is 0 Å². The first-order chi connectivity index (χ1) is 28.2. The lowest BCUT2D eigenvalue weighted by Crippen LogP contribution is -2.29. The molecule has 3 atom stereocenters. The van der Waals surface area contributed by atoms with Crippen LogP contribution < -0.4 is 5.73 Å². The van der Waals surface area contributed by atoms with Gasteiger partial charge in [-0.2, -0.15) is 0 Å². The highest BCUT2D eigenvalue weighted by molar-refractivity contribution is 7.47. The van der Waals surface area contributed by atoms with Crippen LogP contribution in [-0.2, 0) is 32.7 Å². The van der Waals surface area contributed by atoms with Crippen molar-refractivity contribution in [1.29, 1.82) is 0 Å². The van der Waals surface area contributed by atoms with E-state index in [1.54, 1.807) is 18.2 Å². The van der Waals surface area contributed by atoms with Crippen molar-refractivity contribution < 1.29 is 42.7 Å². The number of phosphoric acid groups is 1. The van der Waals surface area contributed by atoms with E-state index in [1.165, 1.54) is 19.3 Å². The molecule has 0 radical (unpaired) electrons. The topological polar surface area (TPSA) is 155 Å². The zero-order valence-corrected chi connectivity index (χ0v) is 36.5. The molecule has 0 rings (SSSR count). The van der Waals surface area contributed by atoms with Crippen LogP contribution in [0.1, 0.15) is 136 Å². The van der Waals surface area contributed by atoms with Gasteiger partial charge in [-0.1, -0.05) is 149 Å². The number of carbonyl (C=O) groups excluding carboxylic acids is 2. The Labute approximate surface area is 351 Å². The van der Waals surface area contributed by atoms with Crippen molar-refractivity contribution in [3.8, 4) is 0 Å². The van der Waals surface area contributed by atoms with E-state index in [0.29, 0.717) is 19.3 Å². The summed E-state index contributed by atoms with van der Waals surface area (Å²) in [7, 11) is -4.43. The summed E-state index contributed by atoms with van der Waals surface area (Å²) in [6, 6.07) is 0. The van der Waals surface area contributed by atoms with Gasteiger partial charge in [0.15, 0.2) is 6.10 Å². The summed E-state index contributed by atoms with van der Waals surface area (Å²) < 4.78 is 32.6. The minimum absolute atomic E-state index is 0.0189. The van der Waals surface area contributed by atoms with Crippen molar-refractivity contribution in [3.05, 3.63) is 109 Å². The number of hydrogen-bond acceptors (Lipinski definition) is 9. The molecule has 0 aromatic carbocycles. The Bertz CT molecular complexity index is 1330. The van der Waals surface area contributed by atoms with Crippen LogP contribution in [0.4, 0.5) is 0 Å². The minimum atomic E-state index is -4.43. The predicted molar refractivity (Wildman–Crippen MR) is 239 cm³/mol. The first kappa shape index (κ1) is 54.6. The monoisotopic (exact) mass is 830 g/mol. The molecule has 11 heteroatoms. The van der Waals surface area contributed by atoms with E-state index in [2.05, 4.69) is 86.8 Å². The highest BCUT2D eigenvalue weighted by atomic mass is 31.2. The maximum absolute atomic E-state index is 12.6. The molecule has 328 valence electrons. The molecule has 4 N–H and O–H groups in total. The molecule has 0 spiro atoms. The second kappa shape index (κ2) is 41.8. The van der Waals surface area contributed by atoms with E-state index < -0.39 is 38.6 Å². The highest BCUT2D eigenvalue weighted by Gasteiger charge is 2.25. The molecule has 0 aromatic rings. The van der Waals surface area contributed by atoms with Crippen molar-refractivity contribution in [2.24, 2.45) is 5.73 Å². The van der Waals surface area contributed by atoms with Gasteiger partial charge in [-0.15, -0.1) is 0 Å². The fraction of sp³-hybridized carbons (Fsp3) is 0.574. The lowest BCUT2D eigenvalue weighted by molar-refractivity contribution is -0.161. The molecule has 0 aliphatic rings. The average Bonchev–Trinajstić information content (AvgIpc) is 3.20. The zero-order chi connectivity index (χ0) is 42.6. The summed E-state index contributed by atoms with van der Waals surface area (Å²) in [5, 5.41) is 10.2. The lowest BCUT2D eigenvalue weighted by Gasteiger charge is -2.19. The number of unbranched alkanes of at least 4 members (excludes halogenated alkanes) is 7. The first-order valence-corrected chi connectivity index (χ1v) is 23.0. The second-order valence-corrected chi connectivity index (χ2v) is 15.1. The van der Waals surface area contributed by atoms with Crippen LogP contribution in [0.3, 0.4) is 0 Å². The van der Waals surface area contributed by atoms with Gasteiger partial charge in [0.05, 0.1) is 19.3 Å². The second-order valence-electron chi connectivity index (χ2n) is 13.7. The first-order valence-electron chi connectivity index (χ1n) is 21.5. The number of aliphatic hydroxyl groups is 1. The number of aliphatic hydroxyl groups excluding tert-OH is 1. The number of esters is 2. The van der Waals surface area contributed by atoms with E-state index in [1.807, 2.05) is 18.2 Å². The Balaban J connectivity index is 4.45. The maximum atomic E-state index is 12.6. The van der Waals surface area contributed by atoms with Gasteiger partial charge < -0.3 is 25.2 Å². The van der Waals surface area contributed by atoms with E-state index in [0.717, 1.165) is 70.6 Å². The Morgan fingerprint density at radius 2 is 1.19 bits per heavy atom. The van der Waals surface area contributed by atoms with Gasteiger partial charge >= 0.3 is 19.8 Å². The van der Waals surface area contributed by atoms with Gasteiger partial charge in [0.25, 0.3) is 0 Å².